The van der Waals surface area contributed by atoms with Crippen LogP contribution < -0.4 is 5.32 Å². The van der Waals surface area contributed by atoms with Gasteiger partial charge >= 0.3 is 5.97 Å². The van der Waals surface area contributed by atoms with Gasteiger partial charge < -0.3 is 24.4 Å². The van der Waals surface area contributed by atoms with E-state index in [1.807, 2.05) is 54.6 Å². The minimum atomic E-state index is -1.08. The van der Waals surface area contributed by atoms with Crippen molar-refractivity contribution in [3.8, 4) is 0 Å². The van der Waals surface area contributed by atoms with E-state index >= 15 is 0 Å². The van der Waals surface area contributed by atoms with Gasteiger partial charge in [-0.25, -0.2) is 0 Å². The molecule has 0 saturated carbocycles. The third-order valence-corrected chi connectivity index (χ3v) is 9.77. The lowest BCUT2D eigenvalue weighted by Gasteiger charge is -2.29. The topological polar surface area (TPSA) is 145 Å². The van der Waals surface area contributed by atoms with Gasteiger partial charge in [0.25, 0.3) is 0 Å². The van der Waals surface area contributed by atoms with E-state index in [2.05, 4.69) is 34.5 Å². The third kappa shape index (κ3) is 15.6. The highest BCUT2D eigenvalue weighted by Gasteiger charge is 2.43. The van der Waals surface area contributed by atoms with E-state index in [4.69, 9.17) is 14.2 Å². The first-order valence-corrected chi connectivity index (χ1v) is 19.4. The lowest BCUT2D eigenvalue weighted by molar-refractivity contribution is -0.150. The molecule has 1 fully saturated rings. The van der Waals surface area contributed by atoms with Gasteiger partial charge in [-0.1, -0.05) is 55.5 Å². The number of ether oxygens (including phenoxy) is 3. The van der Waals surface area contributed by atoms with Crippen molar-refractivity contribution in [1.29, 1.82) is 0 Å². The molecule has 0 spiro atoms. The Balaban J connectivity index is 1.89. The zero-order chi connectivity index (χ0) is 38.6. The summed E-state index contributed by atoms with van der Waals surface area (Å²) in [6.07, 6.45) is 3.02. The first-order chi connectivity index (χ1) is 25.5. The number of rotatable bonds is 25. The number of nitrogens with zero attached hydrogens (tertiary/aromatic N) is 1. The molecule has 2 aromatic rings. The van der Waals surface area contributed by atoms with Crippen molar-refractivity contribution in [3.63, 3.8) is 0 Å². The largest absolute Gasteiger partial charge is 0.460 e. The number of esters is 1. The zero-order valence-electron chi connectivity index (χ0n) is 30.9. The molecule has 0 aliphatic carbocycles. The fourth-order valence-electron chi connectivity index (χ4n) is 6.24. The molecule has 1 saturated heterocycles. The van der Waals surface area contributed by atoms with Crippen molar-refractivity contribution in [2.75, 3.05) is 33.5 Å². The van der Waals surface area contributed by atoms with Gasteiger partial charge in [0.05, 0.1) is 32.2 Å². The normalized spacial score (nSPS) is 16.4. The van der Waals surface area contributed by atoms with Gasteiger partial charge in [-0.2, -0.15) is 0 Å². The molecule has 12 heteroatoms. The van der Waals surface area contributed by atoms with Crippen LogP contribution in [0.2, 0.25) is 0 Å². The van der Waals surface area contributed by atoms with Crippen molar-refractivity contribution in [2.45, 2.75) is 95.7 Å². The van der Waals surface area contributed by atoms with E-state index in [0.29, 0.717) is 45.5 Å². The SMILES string of the molecule is C=CCCC(=O)C[C@@H](Cc1ccccc1)C(=O)N[C@@H](Cc1cccc(I)c1)C(=O)N1C[C@H](OC(=O)CCC(=O)CC)C[C@H]1C(=O)CCCOCCOC. The number of methoxy groups -OCH3 is 1. The molecule has 53 heavy (non-hydrogen) atoms. The van der Waals surface area contributed by atoms with Gasteiger partial charge in [0.2, 0.25) is 11.8 Å². The predicted molar refractivity (Wildman–Crippen MR) is 209 cm³/mol. The van der Waals surface area contributed by atoms with Crippen molar-refractivity contribution in [3.05, 3.63) is 81.9 Å². The smallest absolute Gasteiger partial charge is 0.306 e. The van der Waals surface area contributed by atoms with Crippen LogP contribution in [0.15, 0.2) is 67.3 Å². The Morgan fingerprint density at radius 3 is 2.38 bits per heavy atom. The van der Waals surface area contributed by atoms with Crippen LogP contribution >= 0.6 is 22.6 Å². The lowest BCUT2D eigenvalue weighted by atomic mass is 9.91. The van der Waals surface area contributed by atoms with Gasteiger partial charge in [0, 0.05) is 68.2 Å². The van der Waals surface area contributed by atoms with Crippen molar-refractivity contribution in [2.24, 2.45) is 5.92 Å². The molecule has 3 rings (SSSR count). The molecule has 2 amide bonds. The molecular weight excluding hydrogens is 791 g/mol. The number of benzene rings is 2. The van der Waals surface area contributed by atoms with Gasteiger partial charge in [-0.05, 0) is 65.1 Å². The highest BCUT2D eigenvalue weighted by atomic mass is 127. The van der Waals surface area contributed by atoms with Crippen LogP contribution in [0.4, 0.5) is 0 Å². The number of ketones is 3. The number of carbonyl (C=O) groups excluding carboxylic acids is 6. The first-order valence-electron chi connectivity index (χ1n) is 18.4. The van der Waals surface area contributed by atoms with Crippen LogP contribution in [0.5, 0.6) is 0 Å². The average molecular weight is 845 g/mol. The summed E-state index contributed by atoms with van der Waals surface area (Å²) in [5.74, 6) is -2.59. The maximum Gasteiger partial charge on any atom is 0.306 e. The first kappa shape index (κ1) is 43.7. The average Bonchev–Trinajstić information content (AvgIpc) is 3.57. The molecule has 1 aliphatic heterocycles. The molecule has 1 aliphatic rings. The number of allylic oxidation sites excluding steroid dienone is 1. The van der Waals surface area contributed by atoms with E-state index in [-0.39, 0.29) is 68.8 Å². The summed E-state index contributed by atoms with van der Waals surface area (Å²) >= 11 is 2.18. The van der Waals surface area contributed by atoms with Crippen LogP contribution in [0.3, 0.4) is 0 Å². The van der Waals surface area contributed by atoms with Gasteiger partial charge in [0.15, 0.2) is 5.78 Å². The molecule has 1 N–H and O–H groups in total. The standard InChI is InChI=1S/C41H53IN2O9/c1-4-6-16-34(46)26-31(23-29-12-8-7-9-13-29)40(49)43-36(25-30-14-10-15-32(42)24-30)41(50)44-28-35(53-39(48)19-18-33(45)5-2)27-37(44)38(47)17-11-20-52-22-21-51-3/h4,7-10,12-15,24,31,35-37H,1,5-6,11,16-23,25-28H2,2-3H3,(H,43,49)/t31-,35-,36+,37+/m1/s1. The summed E-state index contributed by atoms with van der Waals surface area (Å²) in [7, 11) is 1.57. The third-order valence-electron chi connectivity index (χ3n) is 9.10. The summed E-state index contributed by atoms with van der Waals surface area (Å²) in [4.78, 5) is 81.4. The zero-order valence-corrected chi connectivity index (χ0v) is 33.1. The lowest BCUT2D eigenvalue weighted by Crippen LogP contribution is -2.54. The summed E-state index contributed by atoms with van der Waals surface area (Å²) < 4.78 is 17.2. The monoisotopic (exact) mass is 844 g/mol. The number of amides is 2. The second kappa shape index (κ2) is 23.8. The Labute approximate surface area is 326 Å². The summed E-state index contributed by atoms with van der Waals surface area (Å²) in [6.45, 7) is 6.53. The Morgan fingerprint density at radius 2 is 1.68 bits per heavy atom. The van der Waals surface area contributed by atoms with Crippen molar-refractivity contribution in [1.82, 2.24) is 10.2 Å². The summed E-state index contributed by atoms with van der Waals surface area (Å²) in [6, 6.07) is 15.0. The van der Waals surface area contributed by atoms with E-state index in [0.717, 1.165) is 14.7 Å². The van der Waals surface area contributed by atoms with E-state index in [1.54, 1.807) is 20.1 Å². The van der Waals surface area contributed by atoms with Crippen LogP contribution in [0.25, 0.3) is 0 Å². The Morgan fingerprint density at radius 1 is 0.925 bits per heavy atom. The van der Waals surface area contributed by atoms with E-state index < -0.39 is 41.9 Å². The van der Waals surface area contributed by atoms with E-state index in [9.17, 15) is 28.8 Å². The summed E-state index contributed by atoms with van der Waals surface area (Å²) in [5, 5.41) is 2.98. The predicted octanol–water partition coefficient (Wildman–Crippen LogP) is 5.39. The maximum absolute atomic E-state index is 14.6. The molecule has 0 unspecified atom stereocenters. The molecule has 0 bridgehead atoms. The molecule has 0 radical (unpaired) electrons. The minimum Gasteiger partial charge on any atom is -0.460 e. The molecule has 2 aromatic carbocycles. The Kier molecular flexibility index (Phi) is 19.6. The Bertz CT molecular complexity index is 1530. The molecule has 1 heterocycles. The molecular formula is C41H53IN2O9. The summed E-state index contributed by atoms with van der Waals surface area (Å²) in [5.41, 5.74) is 1.68. The number of likely N-dealkylation sites (tertiary alicyclic amines) is 1. The number of Topliss-reactive ketones (excluding diaryl/α,β-unsaturated/α-hetero) is 3. The second-order valence-corrected chi connectivity index (χ2v) is 14.5. The highest BCUT2D eigenvalue weighted by Crippen LogP contribution is 2.26. The fraction of sp³-hybridized carbons (Fsp3) is 0.512. The minimum absolute atomic E-state index is 0.00541. The van der Waals surface area contributed by atoms with Crippen LogP contribution in [0, 0.1) is 9.49 Å². The second-order valence-electron chi connectivity index (χ2n) is 13.3. The van der Waals surface area contributed by atoms with Gasteiger partial charge in [-0.3, -0.25) is 28.8 Å². The number of nitrogens with one attached hydrogen (secondary N) is 1. The van der Waals surface area contributed by atoms with Crippen molar-refractivity contribution < 1.29 is 43.0 Å². The molecule has 0 aromatic heterocycles. The number of hydrogen-bond donors (Lipinski definition) is 1. The Hall–Kier alpha value is -3.75. The van der Waals surface area contributed by atoms with Gasteiger partial charge in [-0.15, -0.1) is 6.58 Å². The highest BCUT2D eigenvalue weighted by molar-refractivity contribution is 14.1. The van der Waals surface area contributed by atoms with Crippen molar-refractivity contribution >= 4 is 57.7 Å². The number of hydrogen-bond acceptors (Lipinski definition) is 9. The quantitative estimate of drug-likeness (QED) is 0.0603. The van der Waals surface area contributed by atoms with E-state index in [1.165, 1.54) is 4.90 Å². The van der Waals surface area contributed by atoms with Crippen LogP contribution in [-0.4, -0.2) is 91.7 Å². The maximum atomic E-state index is 14.6. The molecule has 288 valence electrons. The van der Waals surface area contributed by atoms with Gasteiger partial charge in [0.1, 0.15) is 23.7 Å². The number of carbonyl (C=O) groups is 6. The van der Waals surface area contributed by atoms with Crippen LogP contribution in [-0.2, 0) is 55.8 Å². The fourth-order valence-corrected chi connectivity index (χ4v) is 6.85. The molecule has 4 atom stereocenters. The van der Waals surface area contributed by atoms with Crippen LogP contribution in [0.1, 0.15) is 75.8 Å². The molecule has 11 nitrogen and oxygen atoms in total. The number of halogens is 1.